The van der Waals surface area contributed by atoms with Crippen LogP contribution in [0.3, 0.4) is 0 Å². The lowest BCUT2D eigenvalue weighted by molar-refractivity contribution is 0.0744. The molecule has 1 aromatic carbocycles. The molecule has 0 bridgehead atoms. The van der Waals surface area contributed by atoms with Gasteiger partial charge in [0.2, 0.25) is 0 Å². The molecule has 7 nitrogen and oxygen atoms in total. The molecule has 0 aliphatic carbocycles. The molecule has 1 aliphatic heterocycles. The van der Waals surface area contributed by atoms with E-state index in [1.54, 1.807) is 11.0 Å². The van der Waals surface area contributed by atoms with E-state index in [4.69, 9.17) is 5.11 Å². The maximum absolute atomic E-state index is 13.3. The first-order valence-electron chi connectivity index (χ1n) is 9.49. The number of amides is 1. The van der Waals surface area contributed by atoms with Gasteiger partial charge in [0.15, 0.2) is 0 Å². The van der Waals surface area contributed by atoms with E-state index in [2.05, 4.69) is 10.1 Å². The maximum atomic E-state index is 13.3. The molecular formula is C21H24N4O3. The molecule has 0 fully saturated rings. The molecule has 1 aliphatic rings. The SMILES string of the molecule is Cc1ccc2nc(C)c(C(=O)N3CCCn4nc([C@H](O)CO)cc4C3)cc2c1. The molecule has 2 N–H and O–H groups in total. The fourth-order valence-electron chi connectivity index (χ4n) is 3.69. The van der Waals surface area contributed by atoms with Crippen LogP contribution in [-0.4, -0.2) is 48.9 Å². The van der Waals surface area contributed by atoms with Crippen LogP contribution in [-0.2, 0) is 13.1 Å². The highest BCUT2D eigenvalue weighted by molar-refractivity contribution is 5.98. The number of aliphatic hydroxyl groups is 2. The summed E-state index contributed by atoms with van der Waals surface area (Å²) < 4.78 is 1.82. The number of fused-ring (bicyclic) bond motifs is 2. The monoisotopic (exact) mass is 380 g/mol. The molecule has 0 unspecified atom stereocenters. The Balaban J connectivity index is 1.65. The average molecular weight is 380 g/mol. The third-order valence-corrected chi connectivity index (χ3v) is 5.23. The number of carbonyl (C=O) groups excluding carboxylic acids is 1. The number of rotatable bonds is 3. The van der Waals surface area contributed by atoms with Crippen LogP contribution < -0.4 is 0 Å². The summed E-state index contributed by atoms with van der Waals surface area (Å²) in [5, 5.41) is 24.3. The second-order valence-corrected chi connectivity index (χ2v) is 7.38. The number of aliphatic hydroxyl groups excluding tert-OH is 2. The van der Waals surface area contributed by atoms with Gasteiger partial charge in [0, 0.05) is 18.5 Å². The van der Waals surface area contributed by atoms with E-state index in [1.165, 1.54) is 0 Å². The minimum absolute atomic E-state index is 0.0488. The van der Waals surface area contributed by atoms with E-state index >= 15 is 0 Å². The minimum Gasteiger partial charge on any atom is -0.393 e. The van der Waals surface area contributed by atoms with Gasteiger partial charge in [0.1, 0.15) is 6.10 Å². The van der Waals surface area contributed by atoms with Gasteiger partial charge < -0.3 is 15.1 Å². The Morgan fingerprint density at radius 3 is 2.82 bits per heavy atom. The Morgan fingerprint density at radius 1 is 1.21 bits per heavy atom. The minimum atomic E-state index is -1.00. The van der Waals surface area contributed by atoms with Crippen molar-refractivity contribution < 1.29 is 15.0 Å². The van der Waals surface area contributed by atoms with E-state index in [1.807, 2.05) is 42.8 Å². The molecule has 146 valence electrons. The van der Waals surface area contributed by atoms with Crippen molar-refractivity contribution in [1.29, 1.82) is 0 Å². The van der Waals surface area contributed by atoms with Gasteiger partial charge in [0.05, 0.1) is 41.3 Å². The average Bonchev–Trinajstić information content (AvgIpc) is 2.98. The normalized spacial score (nSPS) is 15.4. The van der Waals surface area contributed by atoms with Crippen molar-refractivity contribution in [2.45, 2.75) is 39.5 Å². The van der Waals surface area contributed by atoms with Crippen LogP contribution in [0, 0.1) is 13.8 Å². The van der Waals surface area contributed by atoms with Crippen molar-refractivity contribution in [3.8, 4) is 0 Å². The molecule has 3 heterocycles. The maximum Gasteiger partial charge on any atom is 0.256 e. The second kappa shape index (κ2) is 7.33. The van der Waals surface area contributed by atoms with Gasteiger partial charge in [-0.2, -0.15) is 5.10 Å². The lowest BCUT2D eigenvalue weighted by atomic mass is 10.1. The van der Waals surface area contributed by atoms with Crippen molar-refractivity contribution in [3.63, 3.8) is 0 Å². The molecule has 0 spiro atoms. The summed E-state index contributed by atoms with van der Waals surface area (Å²) in [6.45, 7) is 5.23. The second-order valence-electron chi connectivity index (χ2n) is 7.38. The number of pyridine rings is 1. The molecule has 28 heavy (non-hydrogen) atoms. The molecular weight excluding hydrogens is 356 g/mol. The molecule has 0 saturated heterocycles. The van der Waals surface area contributed by atoms with E-state index < -0.39 is 6.10 Å². The van der Waals surface area contributed by atoms with E-state index in [0.29, 0.717) is 30.9 Å². The van der Waals surface area contributed by atoms with Crippen LogP contribution in [0.25, 0.3) is 10.9 Å². The summed E-state index contributed by atoms with van der Waals surface area (Å²) in [5.74, 6) is -0.0488. The highest BCUT2D eigenvalue weighted by atomic mass is 16.3. The third kappa shape index (κ3) is 3.39. The summed E-state index contributed by atoms with van der Waals surface area (Å²) >= 11 is 0. The summed E-state index contributed by atoms with van der Waals surface area (Å²) in [4.78, 5) is 19.7. The Hall–Kier alpha value is -2.77. The Bertz CT molecular complexity index is 1040. The number of aryl methyl sites for hydroxylation is 3. The van der Waals surface area contributed by atoms with Gasteiger partial charge >= 0.3 is 0 Å². The standard InChI is InChI=1S/C21H24N4O3/c1-13-4-5-18-15(8-13)9-17(14(2)22-18)21(28)24-6-3-7-25-16(11-24)10-19(23-25)20(27)12-26/h4-5,8-10,20,26-27H,3,6-7,11-12H2,1-2H3/t20-/m1/s1. The number of nitrogens with zero attached hydrogens (tertiary/aromatic N) is 4. The van der Waals surface area contributed by atoms with Crippen LogP contribution >= 0.6 is 0 Å². The largest absolute Gasteiger partial charge is 0.393 e. The van der Waals surface area contributed by atoms with Gasteiger partial charge in [0.25, 0.3) is 5.91 Å². The molecule has 7 heteroatoms. The molecule has 1 atom stereocenters. The predicted octanol–water partition coefficient (Wildman–Crippen LogP) is 2.12. The van der Waals surface area contributed by atoms with Crippen LogP contribution in [0.15, 0.2) is 30.3 Å². The van der Waals surface area contributed by atoms with Crippen LogP contribution in [0.4, 0.5) is 0 Å². The highest BCUT2D eigenvalue weighted by Gasteiger charge is 2.24. The van der Waals surface area contributed by atoms with E-state index in [-0.39, 0.29) is 12.5 Å². The topological polar surface area (TPSA) is 91.5 Å². The molecule has 4 rings (SSSR count). The van der Waals surface area contributed by atoms with Gasteiger partial charge in [-0.05, 0) is 44.5 Å². The number of hydrogen-bond donors (Lipinski definition) is 2. The molecule has 1 amide bonds. The number of aromatic nitrogens is 3. The first-order chi connectivity index (χ1) is 13.5. The van der Waals surface area contributed by atoms with Gasteiger partial charge in [-0.1, -0.05) is 11.6 Å². The zero-order valence-corrected chi connectivity index (χ0v) is 16.1. The van der Waals surface area contributed by atoms with Crippen molar-refractivity contribution in [1.82, 2.24) is 19.7 Å². The Morgan fingerprint density at radius 2 is 2.04 bits per heavy atom. The summed E-state index contributed by atoms with van der Waals surface area (Å²) in [6, 6.07) is 9.73. The molecule has 2 aromatic heterocycles. The summed E-state index contributed by atoms with van der Waals surface area (Å²) in [5.41, 5.74) is 4.64. The smallest absolute Gasteiger partial charge is 0.256 e. The fraction of sp³-hybridized carbons (Fsp3) is 0.381. The van der Waals surface area contributed by atoms with Crippen molar-refractivity contribution in [2.75, 3.05) is 13.2 Å². The first-order valence-corrected chi connectivity index (χ1v) is 9.49. The quantitative estimate of drug-likeness (QED) is 0.726. The predicted molar refractivity (Wildman–Crippen MR) is 105 cm³/mol. The third-order valence-electron chi connectivity index (χ3n) is 5.23. The highest BCUT2D eigenvalue weighted by Crippen LogP contribution is 2.23. The fourth-order valence-corrected chi connectivity index (χ4v) is 3.69. The zero-order chi connectivity index (χ0) is 19.8. The van der Waals surface area contributed by atoms with Crippen molar-refractivity contribution >= 4 is 16.8 Å². The van der Waals surface area contributed by atoms with Crippen LogP contribution in [0.2, 0.25) is 0 Å². The molecule has 0 saturated carbocycles. The summed E-state index contributed by atoms with van der Waals surface area (Å²) in [6.07, 6.45) is -0.229. The Labute approximate surface area is 163 Å². The number of carbonyl (C=O) groups is 1. The van der Waals surface area contributed by atoms with Crippen LogP contribution in [0.1, 0.15) is 45.5 Å². The van der Waals surface area contributed by atoms with Gasteiger partial charge in [-0.3, -0.25) is 14.5 Å². The van der Waals surface area contributed by atoms with E-state index in [9.17, 15) is 9.90 Å². The van der Waals surface area contributed by atoms with Gasteiger partial charge in [-0.25, -0.2) is 0 Å². The summed E-state index contributed by atoms with van der Waals surface area (Å²) in [7, 11) is 0. The van der Waals surface area contributed by atoms with Crippen molar-refractivity contribution in [2.24, 2.45) is 0 Å². The van der Waals surface area contributed by atoms with E-state index in [0.717, 1.165) is 34.3 Å². The van der Waals surface area contributed by atoms with Crippen molar-refractivity contribution in [3.05, 3.63) is 58.5 Å². The Kier molecular flexibility index (Phi) is 4.87. The molecule has 0 radical (unpaired) electrons. The lowest BCUT2D eigenvalue weighted by Gasteiger charge is -2.21. The lowest BCUT2D eigenvalue weighted by Crippen LogP contribution is -2.31. The number of hydrogen-bond acceptors (Lipinski definition) is 5. The number of benzene rings is 1. The first kappa shape index (κ1) is 18.6. The molecule has 3 aromatic rings. The zero-order valence-electron chi connectivity index (χ0n) is 16.1. The van der Waals surface area contributed by atoms with Gasteiger partial charge in [-0.15, -0.1) is 0 Å². The van der Waals surface area contributed by atoms with Crippen LogP contribution in [0.5, 0.6) is 0 Å².